The van der Waals surface area contributed by atoms with Gasteiger partial charge in [-0.25, -0.2) is 13.8 Å². The van der Waals surface area contributed by atoms with E-state index in [0.717, 1.165) is 17.8 Å². The predicted octanol–water partition coefficient (Wildman–Crippen LogP) is 3.19. The third-order valence-corrected chi connectivity index (χ3v) is 5.26. The number of fused-ring (bicyclic) bond motifs is 1. The molecule has 2 aromatic heterocycles. The molecule has 0 fully saturated rings. The van der Waals surface area contributed by atoms with Gasteiger partial charge in [-0.3, -0.25) is 9.47 Å². The number of β-amino-alcohol motifs (C(OH)–C–C–N with tert-alkyl or cyclic N) is 1. The molecule has 3 heterocycles. The first-order valence-electron chi connectivity index (χ1n) is 9.37. The minimum atomic E-state index is -1.27. The Bertz CT molecular complexity index is 1150. The summed E-state index contributed by atoms with van der Waals surface area (Å²) in [6.45, 7) is 2.78. The van der Waals surface area contributed by atoms with Crippen molar-refractivity contribution in [1.29, 1.82) is 0 Å². The van der Waals surface area contributed by atoms with Crippen molar-refractivity contribution >= 4 is 17.4 Å². The van der Waals surface area contributed by atoms with Crippen molar-refractivity contribution in [3.8, 4) is 11.5 Å². The Morgan fingerprint density at radius 3 is 2.77 bits per heavy atom. The molecule has 0 radical (unpaired) electrons. The number of benzene rings is 1. The summed E-state index contributed by atoms with van der Waals surface area (Å²) in [6, 6.07) is 3.44. The quantitative estimate of drug-likeness (QED) is 0.450. The molecule has 1 atom stereocenters. The van der Waals surface area contributed by atoms with E-state index < -0.39 is 28.0 Å². The Kier molecular flexibility index (Phi) is 5.50. The lowest BCUT2D eigenvalue weighted by atomic mass is 10.0. The third-order valence-electron chi connectivity index (χ3n) is 4.95. The van der Waals surface area contributed by atoms with Crippen LogP contribution in [0.2, 0.25) is 5.28 Å². The van der Waals surface area contributed by atoms with E-state index >= 15 is 0 Å². The van der Waals surface area contributed by atoms with Crippen LogP contribution in [0.15, 0.2) is 28.8 Å². The van der Waals surface area contributed by atoms with Gasteiger partial charge in [-0.15, -0.1) is 0 Å². The molecule has 1 aliphatic rings. The van der Waals surface area contributed by atoms with Crippen molar-refractivity contribution in [3.05, 3.63) is 62.9 Å². The summed E-state index contributed by atoms with van der Waals surface area (Å²) in [5.41, 5.74) is -0.203. The van der Waals surface area contributed by atoms with Crippen molar-refractivity contribution in [2.45, 2.75) is 32.0 Å². The van der Waals surface area contributed by atoms with Crippen LogP contribution in [0.4, 0.5) is 14.6 Å². The maximum absolute atomic E-state index is 13.5. The van der Waals surface area contributed by atoms with Crippen LogP contribution in [-0.4, -0.2) is 48.2 Å². The van der Waals surface area contributed by atoms with Gasteiger partial charge in [0.25, 0.3) is 0 Å². The molecule has 1 aromatic carbocycles. The van der Waals surface area contributed by atoms with Crippen molar-refractivity contribution in [1.82, 2.24) is 19.4 Å². The van der Waals surface area contributed by atoms with Gasteiger partial charge in [0.2, 0.25) is 5.89 Å². The molecule has 1 aliphatic heterocycles. The fraction of sp³-hybridized carbons (Fsp3) is 0.368. The molecule has 12 heteroatoms. The summed E-state index contributed by atoms with van der Waals surface area (Å²) in [5, 5.41) is 21.6. The lowest BCUT2D eigenvalue weighted by molar-refractivity contribution is -0.389. The number of nitrogens with zero attached hydrogens (tertiary/aromatic N) is 5. The lowest BCUT2D eigenvalue weighted by Crippen LogP contribution is -2.45. The molecule has 0 unspecified atom stereocenters. The largest absolute Gasteiger partial charge is 0.440 e. The van der Waals surface area contributed by atoms with Crippen LogP contribution in [0, 0.1) is 21.7 Å². The molecular formula is C19H18ClF2N5O4. The van der Waals surface area contributed by atoms with Gasteiger partial charge in [0.05, 0.1) is 24.4 Å². The van der Waals surface area contributed by atoms with Crippen LogP contribution in [-0.2, 0) is 19.5 Å². The van der Waals surface area contributed by atoms with Crippen LogP contribution in [0.5, 0.6) is 0 Å². The summed E-state index contributed by atoms with van der Waals surface area (Å²) >= 11 is 5.94. The predicted molar refractivity (Wildman–Crippen MR) is 105 cm³/mol. The number of oxazole rings is 1. The number of aromatic nitrogens is 3. The van der Waals surface area contributed by atoms with E-state index in [1.165, 1.54) is 16.8 Å². The van der Waals surface area contributed by atoms with E-state index in [0.29, 0.717) is 30.8 Å². The van der Waals surface area contributed by atoms with Gasteiger partial charge in [-0.1, -0.05) is 0 Å². The molecule has 0 bridgehead atoms. The zero-order valence-electron chi connectivity index (χ0n) is 16.4. The minimum absolute atomic E-state index is 0.00649. The van der Waals surface area contributed by atoms with Crippen molar-refractivity contribution in [2.75, 3.05) is 13.1 Å². The highest BCUT2D eigenvalue weighted by atomic mass is 35.5. The third kappa shape index (κ3) is 4.58. The average Bonchev–Trinajstić information content (AvgIpc) is 3.27. The van der Waals surface area contributed by atoms with Gasteiger partial charge in [0.15, 0.2) is 11.6 Å². The maximum atomic E-state index is 13.5. The van der Waals surface area contributed by atoms with Gasteiger partial charge in [-0.05, 0) is 46.6 Å². The summed E-state index contributed by atoms with van der Waals surface area (Å²) < 4.78 is 33.8. The number of hydrogen-bond donors (Lipinski definition) is 1. The van der Waals surface area contributed by atoms with Gasteiger partial charge < -0.3 is 19.6 Å². The van der Waals surface area contributed by atoms with E-state index in [4.69, 9.17) is 16.0 Å². The number of rotatable bonds is 6. The van der Waals surface area contributed by atoms with Crippen molar-refractivity contribution in [2.24, 2.45) is 0 Å². The van der Waals surface area contributed by atoms with Gasteiger partial charge >= 0.3 is 11.1 Å². The van der Waals surface area contributed by atoms with Crippen LogP contribution in [0.25, 0.3) is 11.5 Å². The second-order valence-corrected chi connectivity index (χ2v) is 8.07. The molecule has 0 saturated carbocycles. The monoisotopic (exact) mass is 453 g/mol. The molecule has 0 spiro atoms. The molecule has 0 aliphatic carbocycles. The highest BCUT2D eigenvalue weighted by Gasteiger charge is 2.31. The van der Waals surface area contributed by atoms with Crippen LogP contribution >= 0.6 is 11.6 Å². The first-order chi connectivity index (χ1) is 14.6. The molecule has 0 saturated heterocycles. The van der Waals surface area contributed by atoms with Crippen molar-refractivity contribution < 1.29 is 23.2 Å². The molecule has 31 heavy (non-hydrogen) atoms. The first kappa shape index (κ1) is 21.3. The number of imidazole rings is 1. The van der Waals surface area contributed by atoms with Gasteiger partial charge in [0.1, 0.15) is 12.0 Å². The molecule has 9 nitrogen and oxygen atoms in total. The smallest absolute Gasteiger partial charge is 0.383 e. The molecular weight excluding hydrogens is 436 g/mol. The van der Waals surface area contributed by atoms with Crippen molar-refractivity contribution in [3.63, 3.8) is 0 Å². The summed E-state index contributed by atoms with van der Waals surface area (Å²) in [4.78, 5) is 20.2. The minimum Gasteiger partial charge on any atom is -0.440 e. The lowest BCUT2D eigenvalue weighted by Gasteiger charge is -2.33. The number of aliphatic hydroxyl groups is 1. The molecule has 4 rings (SSSR count). The second-order valence-electron chi connectivity index (χ2n) is 7.73. The topological polar surface area (TPSA) is 110 Å². The summed E-state index contributed by atoms with van der Waals surface area (Å²) in [6.07, 6.45) is 1.73. The van der Waals surface area contributed by atoms with E-state index in [9.17, 15) is 24.0 Å². The fourth-order valence-electron chi connectivity index (χ4n) is 3.61. The maximum Gasteiger partial charge on any atom is 0.383 e. The van der Waals surface area contributed by atoms with Gasteiger partial charge in [-0.2, -0.15) is 0 Å². The highest BCUT2D eigenvalue weighted by molar-refractivity contribution is 6.28. The molecule has 0 amide bonds. The fourth-order valence-corrected chi connectivity index (χ4v) is 3.81. The Hall–Kier alpha value is -2.89. The number of hydrogen-bond acceptors (Lipinski definition) is 7. The molecule has 1 N–H and O–H groups in total. The van der Waals surface area contributed by atoms with E-state index in [2.05, 4.69) is 9.97 Å². The SMILES string of the molecule is C[C@](O)(CN1CCc2nc(-c3ccc(F)c(F)c3)oc2C1)Cn1cc([N+](=O)[O-])nc1Cl. The Morgan fingerprint density at radius 1 is 1.32 bits per heavy atom. The molecule has 3 aromatic rings. The second kappa shape index (κ2) is 7.98. The van der Waals surface area contributed by atoms with E-state index in [-0.39, 0.29) is 24.3 Å². The Balaban J connectivity index is 1.45. The number of halogens is 3. The normalized spacial score (nSPS) is 16.2. The standard InChI is InChI=1S/C19H18ClF2N5O4/c1-19(28,10-26-8-16(27(29)30)24-18(26)20)9-25-5-4-14-15(7-25)31-17(23-14)11-2-3-12(21)13(22)6-11/h2-3,6,8,28H,4-5,7,9-10H2,1H3/t19-/m0/s1. The first-order valence-corrected chi connectivity index (χ1v) is 9.75. The van der Waals surface area contributed by atoms with Gasteiger partial charge in [0, 0.05) is 25.1 Å². The average molecular weight is 454 g/mol. The molecule has 164 valence electrons. The van der Waals surface area contributed by atoms with Crippen LogP contribution in [0.1, 0.15) is 18.4 Å². The Morgan fingerprint density at radius 2 is 2.10 bits per heavy atom. The zero-order valence-corrected chi connectivity index (χ0v) is 17.1. The van der Waals surface area contributed by atoms with E-state index in [1.54, 1.807) is 6.92 Å². The summed E-state index contributed by atoms with van der Waals surface area (Å²) in [5.74, 6) is -1.54. The van der Waals surface area contributed by atoms with Crippen LogP contribution in [0.3, 0.4) is 0 Å². The van der Waals surface area contributed by atoms with E-state index in [1.807, 2.05) is 4.90 Å². The Labute approximate surface area is 180 Å². The highest BCUT2D eigenvalue weighted by Crippen LogP contribution is 2.28. The van der Waals surface area contributed by atoms with Crippen LogP contribution < -0.4 is 0 Å². The zero-order chi connectivity index (χ0) is 22.3. The summed E-state index contributed by atoms with van der Waals surface area (Å²) in [7, 11) is 0. The number of nitro groups is 1.